The van der Waals surface area contributed by atoms with Gasteiger partial charge in [0.05, 0.1) is 11.5 Å². The minimum absolute atomic E-state index is 0.233. The zero-order valence-corrected chi connectivity index (χ0v) is 9.26. The summed E-state index contributed by atoms with van der Waals surface area (Å²) < 4.78 is 0. The van der Waals surface area contributed by atoms with Gasteiger partial charge in [0, 0.05) is 6.42 Å². The van der Waals surface area contributed by atoms with Crippen molar-refractivity contribution in [2.75, 3.05) is 5.88 Å². The zero-order valence-electron chi connectivity index (χ0n) is 8.50. The summed E-state index contributed by atoms with van der Waals surface area (Å²) in [6.07, 6.45) is 6.93. The molecule has 0 spiro atoms. The van der Waals surface area contributed by atoms with E-state index in [-0.39, 0.29) is 11.7 Å². The minimum Gasteiger partial charge on any atom is -0.385 e. The van der Waals surface area contributed by atoms with E-state index in [0.717, 1.165) is 12.8 Å². The third kappa shape index (κ3) is 3.43. The van der Waals surface area contributed by atoms with E-state index in [9.17, 15) is 9.90 Å². The molecule has 80 valence electrons. The number of alkyl halides is 1. The highest BCUT2D eigenvalue weighted by molar-refractivity contribution is 6.18. The van der Waals surface area contributed by atoms with Crippen LogP contribution in [-0.4, -0.2) is 22.4 Å². The van der Waals surface area contributed by atoms with Crippen LogP contribution in [0, 0.1) is 5.92 Å². The Bertz CT molecular complexity index is 237. The summed E-state index contributed by atoms with van der Waals surface area (Å²) in [7, 11) is 0. The van der Waals surface area contributed by atoms with Crippen molar-refractivity contribution in [1.29, 1.82) is 0 Å². The molecule has 0 radical (unpaired) electrons. The maximum Gasteiger partial charge on any atom is 0.129 e. The van der Waals surface area contributed by atoms with Crippen LogP contribution in [0.2, 0.25) is 0 Å². The molecule has 1 N–H and O–H groups in total. The highest BCUT2D eigenvalue weighted by Crippen LogP contribution is 2.29. The van der Waals surface area contributed by atoms with Crippen LogP contribution < -0.4 is 0 Å². The van der Waals surface area contributed by atoms with E-state index in [1.807, 2.05) is 6.08 Å². The first-order valence-corrected chi connectivity index (χ1v) is 5.56. The van der Waals surface area contributed by atoms with Crippen molar-refractivity contribution in [3.05, 3.63) is 12.2 Å². The molecule has 0 aromatic heterocycles. The van der Waals surface area contributed by atoms with Crippen LogP contribution in [0.4, 0.5) is 0 Å². The highest BCUT2D eigenvalue weighted by Gasteiger charge is 2.27. The van der Waals surface area contributed by atoms with Crippen molar-refractivity contribution < 1.29 is 9.90 Å². The highest BCUT2D eigenvalue weighted by atomic mass is 35.5. The Morgan fingerprint density at radius 2 is 2.43 bits per heavy atom. The number of hydrogen-bond donors (Lipinski definition) is 1. The molecular weight excluding hydrogens is 200 g/mol. The molecule has 0 saturated heterocycles. The minimum atomic E-state index is -0.811. The van der Waals surface area contributed by atoms with Gasteiger partial charge in [-0.25, -0.2) is 0 Å². The molecule has 0 heterocycles. The molecule has 3 heteroatoms. The van der Waals surface area contributed by atoms with E-state index < -0.39 is 5.60 Å². The van der Waals surface area contributed by atoms with E-state index in [1.54, 1.807) is 13.0 Å². The van der Waals surface area contributed by atoms with E-state index in [0.29, 0.717) is 18.8 Å². The summed E-state index contributed by atoms with van der Waals surface area (Å²) in [6.45, 7) is 1.61. The normalized spacial score (nSPS) is 31.8. The summed E-state index contributed by atoms with van der Waals surface area (Å²) in [5.41, 5.74) is -0.811. The van der Waals surface area contributed by atoms with E-state index in [4.69, 9.17) is 11.6 Å². The number of aliphatic hydroxyl groups is 1. The topological polar surface area (TPSA) is 37.3 Å². The Morgan fingerprint density at radius 3 is 2.86 bits per heavy atom. The maximum atomic E-state index is 10.8. The van der Waals surface area contributed by atoms with E-state index in [2.05, 4.69) is 0 Å². The molecule has 0 bridgehead atoms. The van der Waals surface area contributed by atoms with Crippen LogP contribution in [0.25, 0.3) is 0 Å². The largest absolute Gasteiger partial charge is 0.385 e. The average Bonchev–Trinajstić information content (AvgIpc) is 2.17. The van der Waals surface area contributed by atoms with E-state index in [1.165, 1.54) is 0 Å². The van der Waals surface area contributed by atoms with Crippen molar-refractivity contribution >= 4 is 17.4 Å². The van der Waals surface area contributed by atoms with Gasteiger partial charge in [-0.3, -0.25) is 0 Å². The second kappa shape index (κ2) is 4.94. The summed E-state index contributed by atoms with van der Waals surface area (Å²) in [6, 6.07) is 0. The first-order chi connectivity index (χ1) is 6.56. The van der Waals surface area contributed by atoms with Gasteiger partial charge in [0.1, 0.15) is 5.78 Å². The summed E-state index contributed by atoms with van der Waals surface area (Å²) in [5.74, 6) is 0.919. The molecule has 0 saturated carbocycles. The summed E-state index contributed by atoms with van der Waals surface area (Å²) in [4.78, 5) is 10.8. The van der Waals surface area contributed by atoms with Gasteiger partial charge in [-0.2, -0.15) is 0 Å². The van der Waals surface area contributed by atoms with Gasteiger partial charge in [0.25, 0.3) is 0 Å². The number of halogens is 1. The zero-order chi connectivity index (χ0) is 10.6. The van der Waals surface area contributed by atoms with Crippen molar-refractivity contribution in [3.8, 4) is 0 Å². The van der Waals surface area contributed by atoms with Gasteiger partial charge < -0.3 is 9.90 Å². The predicted octanol–water partition coefficient (Wildman–Crippen LogP) is 2.29. The molecule has 0 aromatic rings. The second-order valence-electron chi connectivity index (χ2n) is 4.14. The first-order valence-electron chi connectivity index (χ1n) is 5.03. The standard InChI is InChI=1S/C11H17ClO2/c1-9(13)2-3-10-4-6-11(14,8-12)7-5-10/h4,6,10,14H,2-3,5,7-8H2,1H3. The van der Waals surface area contributed by atoms with Crippen molar-refractivity contribution in [2.45, 2.75) is 38.2 Å². The molecule has 14 heavy (non-hydrogen) atoms. The number of carbonyl (C=O) groups is 1. The molecule has 0 aromatic carbocycles. The van der Waals surface area contributed by atoms with Crippen LogP contribution in [0.15, 0.2) is 12.2 Å². The SMILES string of the molecule is CC(=O)CCC1C=CC(O)(CCl)CC1. The number of Topliss-reactive ketones (excluding diaryl/α,β-unsaturated/α-hetero) is 1. The Morgan fingerprint density at radius 1 is 1.71 bits per heavy atom. The molecular formula is C11H17ClO2. The molecule has 1 rings (SSSR count). The molecule has 2 unspecified atom stereocenters. The third-order valence-corrected chi connectivity index (χ3v) is 3.19. The molecule has 0 fully saturated rings. The van der Waals surface area contributed by atoms with Gasteiger partial charge in [0.15, 0.2) is 0 Å². The Kier molecular flexibility index (Phi) is 4.14. The number of carbonyl (C=O) groups excluding carboxylic acids is 1. The molecule has 2 atom stereocenters. The van der Waals surface area contributed by atoms with Crippen LogP contribution in [-0.2, 0) is 4.79 Å². The fourth-order valence-corrected chi connectivity index (χ4v) is 1.89. The van der Waals surface area contributed by atoms with Gasteiger partial charge in [-0.15, -0.1) is 11.6 Å². The monoisotopic (exact) mass is 216 g/mol. The number of rotatable bonds is 4. The molecule has 2 nitrogen and oxygen atoms in total. The molecule has 0 aliphatic heterocycles. The van der Waals surface area contributed by atoms with Crippen molar-refractivity contribution in [1.82, 2.24) is 0 Å². The lowest BCUT2D eigenvalue weighted by atomic mass is 9.84. The van der Waals surface area contributed by atoms with Gasteiger partial charge >= 0.3 is 0 Å². The van der Waals surface area contributed by atoms with Crippen LogP contribution in [0.5, 0.6) is 0 Å². The molecule has 0 amide bonds. The second-order valence-corrected chi connectivity index (χ2v) is 4.40. The van der Waals surface area contributed by atoms with Gasteiger partial charge in [0.2, 0.25) is 0 Å². The summed E-state index contributed by atoms with van der Waals surface area (Å²) in [5, 5.41) is 9.79. The lowest BCUT2D eigenvalue weighted by Gasteiger charge is -2.28. The van der Waals surface area contributed by atoms with Crippen LogP contribution in [0.3, 0.4) is 0 Å². The van der Waals surface area contributed by atoms with E-state index >= 15 is 0 Å². The van der Waals surface area contributed by atoms with Gasteiger partial charge in [-0.05, 0) is 32.1 Å². The van der Waals surface area contributed by atoms with Crippen LogP contribution >= 0.6 is 11.6 Å². The summed E-state index contributed by atoms with van der Waals surface area (Å²) >= 11 is 5.64. The van der Waals surface area contributed by atoms with Crippen molar-refractivity contribution in [2.24, 2.45) is 5.92 Å². The Labute approximate surface area is 90.0 Å². The first kappa shape index (κ1) is 11.7. The third-order valence-electron chi connectivity index (χ3n) is 2.73. The molecule has 1 aliphatic carbocycles. The van der Waals surface area contributed by atoms with Gasteiger partial charge in [-0.1, -0.05) is 12.2 Å². The Balaban J connectivity index is 2.40. The number of allylic oxidation sites excluding steroid dienone is 1. The van der Waals surface area contributed by atoms with Crippen molar-refractivity contribution in [3.63, 3.8) is 0 Å². The predicted molar refractivity (Wildman–Crippen MR) is 57.4 cm³/mol. The number of ketones is 1. The lowest BCUT2D eigenvalue weighted by Crippen LogP contribution is -2.31. The quantitative estimate of drug-likeness (QED) is 0.579. The molecule has 1 aliphatic rings. The maximum absolute atomic E-state index is 10.8. The lowest BCUT2D eigenvalue weighted by molar-refractivity contribution is -0.117. The Hall–Kier alpha value is -0.340. The smallest absolute Gasteiger partial charge is 0.129 e. The number of hydrogen-bond acceptors (Lipinski definition) is 2. The fraction of sp³-hybridized carbons (Fsp3) is 0.727. The fourth-order valence-electron chi connectivity index (χ4n) is 1.67. The van der Waals surface area contributed by atoms with Crippen LogP contribution in [0.1, 0.15) is 32.6 Å². The average molecular weight is 217 g/mol.